The maximum absolute atomic E-state index is 11.8. The van der Waals surface area contributed by atoms with Crippen molar-refractivity contribution in [2.24, 2.45) is 11.7 Å². The van der Waals surface area contributed by atoms with Crippen LogP contribution in [0.4, 0.5) is 0 Å². The smallest absolute Gasteiger partial charge is 0.324 e. The molecule has 0 spiro atoms. The first-order valence-electron chi connectivity index (χ1n) is 7.27. The van der Waals surface area contributed by atoms with Gasteiger partial charge < -0.3 is 15.2 Å². The van der Waals surface area contributed by atoms with Crippen molar-refractivity contribution in [2.75, 3.05) is 11.5 Å². The van der Waals surface area contributed by atoms with Crippen molar-refractivity contribution in [2.45, 2.75) is 65.7 Å². The zero-order chi connectivity index (χ0) is 17.6. The molecule has 7 heteroatoms. The Morgan fingerprint density at radius 1 is 0.909 bits per heavy atom. The fraction of sp³-hybridized carbons (Fsp3) is 0.867. The molecular weight excluding hydrogens is 322 g/mol. The zero-order valence-corrected chi connectivity index (χ0v) is 16.2. The van der Waals surface area contributed by atoms with E-state index in [0.29, 0.717) is 11.5 Å². The maximum atomic E-state index is 11.8. The lowest BCUT2D eigenvalue weighted by Crippen LogP contribution is -2.38. The van der Waals surface area contributed by atoms with Gasteiger partial charge in [-0.25, -0.2) is 0 Å². The second kappa shape index (κ2) is 9.03. The van der Waals surface area contributed by atoms with E-state index in [1.807, 2.05) is 48.5 Å². The van der Waals surface area contributed by atoms with E-state index < -0.39 is 23.2 Å². The molecule has 0 bridgehead atoms. The molecule has 0 aromatic heterocycles. The summed E-state index contributed by atoms with van der Waals surface area (Å²) in [6.07, 6.45) is 0. The van der Waals surface area contributed by atoms with E-state index in [9.17, 15) is 9.59 Å². The van der Waals surface area contributed by atoms with Gasteiger partial charge in [-0.2, -0.15) is 0 Å². The van der Waals surface area contributed by atoms with Crippen molar-refractivity contribution >= 4 is 33.5 Å². The molecule has 22 heavy (non-hydrogen) atoms. The van der Waals surface area contributed by atoms with Crippen LogP contribution in [0.25, 0.3) is 0 Å². The van der Waals surface area contributed by atoms with Gasteiger partial charge in [-0.05, 0) is 41.5 Å². The zero-order valence-electron chi connectivity index (χ0n) is 14.6. The first kappa shape index (κ1) is 21.6. The Hall–Kier alpha value is -0.400. The molecule has 0 fully saturated rings. The number of rotatable bonds is 7. The molecule has 0 saturated carbocycles. The Morgan fingerprint density at radius 3 is 1.77 bits per heavy atom. The molecule has 0 heterocycles. The van der Waals surface area contributed by atoms with E-state index in [1.165, 1.54) is 21.6 Å². The van der Waals surface area contributed by atoms with Gasteiger partial charge in [0.25, 0.3) is 0 Å². The number of hydrogen-bond donors (Lipinski definition) is 1. The van der Waals surface area contributed by atoms with Gasteiger partial charge in [-0.1, -0.05) is 28.5 Å². The van der Waals surface area contributed by atoms with Gasteiger partial charge >= 0.3 is 11.9 Å². The Kier molecular flexibility index (Phi) is 8.87. The monoisotopic (exact) mass is 351 g/mol. The number of carbonyl (C=O) groups is 2. The summed E-state index contributed by atoms with van der Waals surface area (Å²) in [5, 5.41) is 0. The molecule has 0 aromatic carbocycles. The quantitative estimate of drug-likeness (QED) is 0.429. The lowest BCUT2D eigenvalue weighted by molar-refractivity contribution is -0.158. The summed E-state index contributed by atoms with van der Waals surface area (Å²) in [6, 6.07) is -0.659. The van der Waals surface area contributed by atoms with Gasteiger partial charge in [-0.3, -0.25) is 9.59 Å². The number of carbonyl (C=O) groups excluding carboxylic acids is 2. The van der Waals surface area contributed by atoms with Crippen LogP contribution >= 0.6 is 21.6 Å². The van der Waals surface area contributed by atoms with E-state index in [1.54, 1.807) is 0 Å². The molecule has 0 saturated heterocycles. The highest BCUT2D eigenvalue weighted by atomic mass is 33.1. The van der Waals surface area contributed by atoms with Crippen LogP contribution in [-0.2, 0) is 19.1 Å². The van der Waals surface area contributed by atoms with Crippen LogP contribution in [0.3, 0.4) is 0 Å². The van der Waals surface area contributed by atoms with E-state index in [0.717, 1.165) is 0 Å². The molecule has 0 aliphatic rings. The van der Waals surface area contributed by atoms with Crippen molar-refractivity contribution in [1.29, 1.82) is 0 Å². The number of hydrogen-bond acceptors (Lipinski definition) is 7. The minimum atomic E-state index is -0.659. The minimum absolute atomic E-state index is 0.200. The molecule has 0 unspecified atom stereocenters. The van der Waals surface area contributed by atoms with Crippen molar-refractivity contribution in [3.63, 3.8) is 0 Å². The van der Waals surface area contributed by atoms with Crippen molar-refractivity contribution in [3.8, 4) is 0 Å². The number of ether oxygens (including phenoxy) is 2. The van der Waals surface area contributed by atoms with Gasteiger partial charge in [0.15, 0.2) is 0 Å². The average molecular weight is 352 g/mol. The van der Waals surface area contributed by atoms with Crippen molar-refractivity contribution < 1.29 is 19.1 Å². The second-order valence-electron chi connectivity index (χ2n) is 7.14. The van der Waals surface area contributed by atoms with Crippen LogP contribution in [0.5, 0.6) is 0 Å². The molecule has 0 aliphatic heterocycles. The number of nitrogens with two attached hydrogens (primary N) is 1. The van der Waals surface area contributed by atoms with Crippen LogP contribution in [-0.4, -0.2) is 40.7 Å². The molecular formula is C15H29NO4S2. The summed E-state index contributed by atoms with van der Waals surface area (Å²) in [5.74, 6) is 0.244. The molecule has 0 radical (unpaired) electrons. The fourth-order valence-corrected chi connectivity index (χ4v) is 3.63. The first-order chi connectivity index (χ1) is 9.82. The standard InChI is InChI=1S/C15H29NO4S2/c1-10(12(17)19-14(2,3)4)8-21-22-9-11(16)13(18)20-15(5,6)7/h10-11H,8-9,16H2,1-7H3/t10-,11-/m0/s1. The van der Waals surface area contributed by atoms with Crippen molar-refractivity contribution in [3.05, 3.63) is 0 Å². The van der Waals surface area contributed by atoms with Crippen LogP contribution < -0.4 is 5.73 Å². The van der Waals surface area contributed by atoms with Gasteiger partial charge in [-0.15, -0.1) is 0 Å². The second-order valence-corrected chi connectivity index (χ2v) is 9.70. The van der Waals surface area contributed by atoms with E-state index in [2.05, 4.69) is 0 Å². The lowest BCUT2D eigenvalue weighted by Gasteiger charge is -2.22. The predicted molar refractivity (Wildman–Crippen MR) is 93.7 cm³/mol. The van der Waals surface area contributed by atoms with Gasteiger partial charge in [0, 0.05) is 11.5 Å². The Balaban J connectivity index is 3.97. The maximum Gasteiger partial charge on any atom is 0.324 e. The van der Waals surface area contributed by atoms with Crippen LogP contribution in [0.15, 0.2) is 0 Å². The van der Waals surface area contributed by atoms with E-state index >= 15 is 0 Å². The fourth-order valence-electron chi connectivity index (χ4n) is 1.19. The molecule has 0 aliphatic carbocycles. The van der Waals surface area contributed by atoms with Crippen LogP contribution in [0.1, 0.15) is 48.5 Å². The third kappa shape index (κ3) is 11.2. The lowest BCUT2D eigenvalue weighted by atomic mass is 10.1. The highest BCUT2D eigenvalue weighted by Crippen LogP contribution is 2.26. The summed E-state index contributed by atoms with van der Waals surface area (Å²) >= 11 is 0. The van der Waals surface area contributed by atoms with Gasteiger partial charge in [0.2, 0.25) is 0 Å². The highest BCUT2D eigenvalue weighted by molar-refractivity contribution is 8.76. The Labute approximate surface area is 141 Å². The van der Waals surface area contributed by atoms with Crippen molar-refractivity contribution in [1.82, 2.24) is 0 Å². The highest BCUT2D eigenvalue weighted by Gasteiger charge is 2.24. The molecule has 0 amide bonds. The third-order valence-corrected chi connectivity index (χ3v) is 4.78. The Morgan fingerprint density at radius 2 is 1.32 bits per heavy atom. The minimum Gasteiger partial charge on any atom is -0.460 e. The largest absolute Gasteiger partial charge is 0.460 e. The third-order valence-electron chi connectivity index (χ3n) is 2.17. The first-order valence-corrected chi connectivity index (χ1v) is 9.76. The SMILES string of the molecule is C[C@@H](CSSC[C@H](N)C(=O)OC(C)(C)C)C(=O)OC(C)(C)C. The summed E-state index contributed by atoms with van der Waals surface area (Å²) in [5.41, 5.74) is 4.78. The van der Waals surface area contributed by atoms with E-state index in [-0.39, 0.29) is 11.9 Å². The molecule has 2 N–H and O–H groups in total. The molecule has 130 valence electrons. The van der Waals surface area contributed by atoms with Crippen LogP contribution in [0.2, 0.25) is 0 Å². The van der Waals surface area contributed by atoms with Crippen LogP contribution in [0, 0.1) is 5.92 Å². The predicted octanol–water partition coefficient (Wildman–Crippen LogP) is 3.01. The van der Waals surface area contributed by atoms with E-state index in [4.69, 9.17) is 15.2 Å². The molecule has 0 aromatic rings. The molecule has 0 rings (SSSR count). The Bertz CT molecular complexity index is 339. The number of esters is 2. The average Bonchev–Trinajstić information content (AvgIpc) is 2.29. The van der Waals surface area contributed by atoms with Gasteiger partial charge in [0.05, 0.1) is 5.92 Å². The van der Waals surface area contributed by atoms with Gasteiger partial charge in [0.1, 0.15) is 17.2 Å². The topological polar surface area (TPSA) is 78.6 Å². The summed E-state index contributed by atoms with van der Waals surface area (Å²) in [6.45, 7) is 12.8. The summed E-state index contributed by atoms with van der Waals surface area (Å²) in [7, 11) is 2.97. The molecule has 2 atom stereocenters. The molecule has 5 nitrogen and oxygen atoms in total. The summed E-state index contributed by atoms with van der Waals surface area (Å²) in [4.78, 5) is 23.5. The summed E-state index contributed by atoms with van der Waals surface area (Å²) < 4.78 is 10.5. The normalized spacial score (nSPS) is 15.1.